The van der Waals surface area contributed by atoms with E-state index in [1.807, 2.05) is 42.5 Å². The number of hydrogen-bond donors (Lipinski definition) is 1. The molecule has 2 aromatic rings. The minimum atomic E-state index is -1.15. The van der Waals surface area contributed by atoms with Crippen molar-refractivity contribution in [1.29, 1.82) is 0 Å². The maximum absolute atomic E-state index is 14.6. The number of ketones is 1. The Balaban J connectivity index is 0.00000300. The van der Waals surface area contributed by atoms with Crippen molar-refractivity contribution in [3.05, 3.63) is 65.7 Å². The number of ether oxygens (including phenoxy) is 1. The number of carbonyl (C=O) groups excluding carboxylic acids is 1. The number of Topliss-reactive ketones (excluding diaryl/α,β-unsaturated/α-hetero) is 1. The summed E-state index contributed by atoms with van der Waals surface area (Å²) in [7, 11) is 1.62. The van der Waals surface area contributed by atoms with Crippen molar-refractivity contribution in [2.75, 3.05) is 20.2 Å². The summed E-state index contributed by atoms with van der Waals surface area (Å²) in [6.45, 7) is 0.987. The molecule has 1 N–H and O–H groups in total. The maximum atomic E-state index is 14.6. The van der Waals surface area contributed by atoms with Gasteiger partial charge >= 0.3 is 0 Å². The van der Waals surface area contributed by atoms with Gasteiger partial charge in [0.2, 0.25) is 0 Å². The highest BCUT2D eigenvalue weighted by molar-refractivity contribution is 5.95. The van der Waals surface area contributed by atoms with E-state index in [1.165, 1.54) is 0 Å². The first-order valence-corrected chi connectivity index (χ1v) is 9.81. The molecule has 0 radical (unpaired) electrons. The third-order valence-corrected chi connectivity index (χ3v) is 5.52. The Bertz CT molecular complexity index is 761. The molecule has 1 saturated heterocycles. The number of alkyl halides is 1. The number of rotatable bonds is 8. The third kappa shape index (κ3) is 6.53. The van der Waals surface area contributed by atoms with Gasteiger partial charge in [0.1, 0.15) is 5.75 Å². The Morgan fingerprint density at radius 1 is 1.14 bits per heavy atom. The van der Waals surface area contributed by atoms with Gasteiger partial charge in [0.05, 0.1) is 12.7 Å². The fourth-order valence-electron chi connectivity index (χ4n) is 3.72. The van der Waals surface area contributed by atoms with Crippen LogP contribution in [0.1, 0.15) is 41.6 Å². The van der Waals surface area contributed by atoms with Crippen LogP contribution in [0, 0.1) is 0 Å². The topological polar surface area (TPSA) is 49.8 Å². The highest BCUT2D eigenvalue weighted by Crippen LogP contribution is 2.29. The van der Waals surface area contributed by atoms with Gasteiger partial charge in [-0.15, -0.1) is 12.4 Å². The summed E-state index contributed by atoms with van der Waals surface area (Å²) in [5, 5.41) is 10.9. The molecule has 1 heterocycles. The number of aliphatic hydroxyl groups is 1. The molecule has 29 heavy (non-hydrogen) atoms. The van der Waals surface area contributed by atoms with E-state index in [-0.39, 0.29) is 31.0 Å². The van der Waals surface area contributed by atoms with E-state index in [2.05, 4.69) is 0 Å². The Morgan fingerprint density at radius 3 is 2.34 bits per heavy atom. The molecule has 158 valence electrons. The van der Waals surface area contributed by atoms with Gasteiger partial charge in [-0.1, -0.05) is 42.5 Å². The first-order chi connectivity index (χ1) is 13.5. The molecule has 1 unspecified atom stereocenters. The molecule has 0 amide bonds. The minimum absolute atomic E-state index is 0. The molecule has 0 saturated carbocycles. The SMILES string of the molecule is COc1ccc(CC2(O)CCN(C(F)CCC(=O)c3ccccc3)CC2)cc1.Cl. The second-order valence-corrected chi connectivity index (χ2v) is 7.55. The number of nitrogens with zero attached hydrogens (tertiary/aromatic N) is 1. The summed E-state index contributed by atoms with van der Waals surface area (Å²) in [6.07, 6.45) is 0.813. The smallest absolute Gasteiger partial charge is 0.163 e. The normalized spacial score (nSPS) is 17.2. The van der Waals surface area contributed by atoms with Crippen LogP contribution in [-0.4, -0.2) is 47.9 Å². The molecule has 0 bridgehead atoms. The predicted octanol–water partition coefficient (Wildman–Crippen LogP) is 4.45. The number of halogens is 2. The fraction of sp³-hybridized carbons (Fsp3) is 0.435. The molecule has 1 fully saturated rings. The van der Waals surface area contributed by atoms with Crippen LogP contribution < -0.4 is 4.74 Å². The van der Waals surface area contributed by atoms with Crippen LogP contribution >= 0.6 is 12.4 Å². The number of likely N-dealkylation sites (tertiary alicyclic amines) is 1. The standard InChI is InChI=1S/C23H28FNO3.ClH/c1-28-20-9-7-18(8-10-20)17-23(27)13-15-25(16-14-23)22(24)12-11-21(26)19-5-3-2-4-6-19;/h2-10,22,27H,11-17H2,1H3;1H. The molecule has 0 spiro atoms. The lowest BCUT2D eigenvalue weighted by Crippen LogP contribution is -2.48. The van der Waals surface area contributed by atoms with Crippen LogP contribution in [0.3, 0.4) is 0 Å². The van der Waals surface area contributed by atoms with Gasteiger partial charge in [-0.05, 0) is 37.0 Å². The van der Waals surface area contributed by atoms with Gasteiger partial charge in [-0.2, -0.15) is 0 Å². The van der Waals surface area contributed by atoms with Crippen molar-refractivity contribution in [1.82, 2.24) is 4.90 Å². The van der Waals surface area contributed by atoms with Gasteiger partial charge in [0.15, 0.2) is 12.1 Å². The first-order valence-electron chi connectivity index (χ1n) is 9.81. The average molecular weight is 422 g/mol. The second kappa shape index (κ2) is 10.7. The van der Waals surface area contributed by atoms with Crippen molar-refractivity contribution in [3.63, 3.8) is 0 Å². The van der Waals surface area contributed by atoms with Crippen LogP contribution in [0.25, 0.3) is 0 Å². The van der Waals surface area contributed by atoms with Crippen LogP contribution in [0.15, 0.2) is 54.6 Å². The number of methoxy groups -OCH3 is 1. The zero-order valence-electron chi connectivity index (χ0n) is 16.7. The van der Waals surface area contributed by atoms with E-state index in [0.717, 1.165) is 11.3 Å². The van der Waals surface area contributed by atoms with Gasteiger partial charge in [-0.25, -0.2) is 4.39 Å². The molecule has 0 aromatic heterocycles. The van der Waals surface area contributed by atoms with Gasteiger partial charge in [-0.3, -0.25) is 9.69 Å². The van der Waals surface area contributed by atoms with Crippen LogP contribution in [0.4, 0.5) is 4.39 Å². The largest absolute Gasteiger partial charge is 0.497 e. The highest BCUT2D eigenvalue weighted by Gasteiger charge is 2.34. The molecule has 1 atom stereocenters. The minimum Gasteiger partial charge on any atom is -0.497 e. The summed E-state index contributed by atoms with van der Waals surface area (Å²) in [5.41, 5.74) is 0.856. The number of benzene rings is 2. The van der Waals surface area contributed by atoms with Crippen molar-refractivity contribution in [3.8, 4) is 5.75 Å². The lowest BCUT2D eigenvalue weighted by Gasteiger charge is -2.39. The van der Waals surface area contributed by atoms with Crippen LogP contribution in [-0.2, 0) is 6.42 Å². The molecule has 3 rings (SSSR count). The number of piperidine rings is 1. The fourth-order valence-corrected chi connectivity index (χ4v) is 3.72. The summed E-state index contributed by atoms with van der Waals surface area (Å²) >= 11 is 0. The van der Waals surface area contributed by atoms with Crippen LogP contribution in [0.2, 0.25) is 0 Å². The molecular formula is C23H29ClFNO3. The van der Waals surface area contributed by atoms with Crippen molar-refractivity contribution in [2.45, 2.75) is 44.0 Å². The molecule has 1 aliphatic heterocycles. The molecule has 2 aromatic carbocycles. The van der Waals surface area contributed by atoms with E-state index in [0.29, 0.717) is 37.9 Å². The summed E-state index contributed by atoms with van der Waals surface area (Å²) in [5.74, 6) is 0.757. The predicted molar refractivity (Wildman–Crippen MR) is 115 cm³/mol. The number of hydrogen-bond acceptors (Lipinski definition) is 4. The van der Waals surface area contributed by atoms with E-state index in [1.54, 1.807) is 24.1 Å². The zero-order valence-corrected chi connectivity index (χ0v) is 17.5. The van der Waals surface area contributed by atoms with Crippen molar-refractivity contribution < 1.29 is 19.0 Å². The zero-order chi connectivity index (χ0) is 20.0. The molecule has 4 nitrogen and oxygen atoms in total. The van der Waals surface area contributed by atoms with E-state index in [4.69, 9.17) is 4.74 Å². The second-order valence-electron chi connectivity index (χ2n) is 7.55. The lowest BCUT2D eigenvalue weighted by molar-refractivity contribution is -0.0510. The monoisotopic (exact) mass is 421 g/mol. The molecular weight excluding hydrogens is 393 g/mol. The van der Waals surface area contributed by atoms with Gasteiger partial charge in [0, 0.05) is 31.5 Å². The number of carbonyl (C=O) groups is 1. The van der Waals surface area contributed by atoms with Gasteiger partial charge < -0.3 is 9.84 Å². The van der Waals surface area contributed by atoms with Crippen molar-refractivity contribution in [2.24, 2.45) is 0 Å². The van der Waals surface area contributed by atoms with Crippen LogP contribution in [0.5, 0.6) is 5.75 Å². The quantitative estimate of drug-likeness (QED) is 0.505. The average Bonchev–Trinajstić information content (AvgIpc) is 2.73. The lowest BCUT2D eigenvalue weighted by atomic mass is 9.85. The third-order valence-electron chi connectivity index (χ3n) is 5.52. The van der Waals surface area contributed by atoms with E-state index >= 15 is 0 Å². The van der Waals surface area contributed by atoms with Gasteiger partial charge in [0.25, 0.3) is 0 Å². The molecule has 1 aliphatic rings. The Labute approximate surface area is 178 Å². The summed E-state index contributed by atoms with van der Waals surface area (Å²) < 4.78 is 19.8. The van der Waals surface area contributed by atoms with Crippen molar-refractivity contribution >= 4 is 18.2 Å². The first kappa shape index (κ1) is 23.3. The molecule has 6 heteroatoms. The summed E-state index contributed by atoms with van der Waals surface area (Å²) in [4.78, 5) is 13.9. The summed E-state index contributed by atoms with van der Waals surface area (Å²) in [6, 6.07) is 16.7. The Morgan fingerprint density at radius 2 is 1.76 bits per heavy atom. The Kier molecular flexibility index (Phi) is 8.62. The van der Waals surface area contributed by atoms with E-state index < -0.39 is 11.9 Å². The highest BCUT2D eigenvalue weighted by atomic mass is 35.5. The molecule has 0 aliphatic carbocycles. The Hall–Kier alpha value is -1.95. The maximum Gasteiger partial charge on any atom is 0.163 e. The van der Waals surface area contributed by atoms with E-state index in [9.17, 15) is 14.3 Å².